The van der Waals surface area contributed by atoms with Crippen molar-refractivity contribution in [2.24, 2.45) is 5.92 Å². The van der Waals surface area contributed by atoms with Gasteiger partial charge in [0.25, 0.3) is 0 Å². The number of aliphatic carboxylic acids is 1. The van der Waals surface area contributed by atoms with Crippen LogP contribution >= 0.6 is 11.8 Å². The van der Waals surface area contributed by atoms with Crippen molar-refractivity contribution in [3.8, 4) is 0 Å². The first-order valence-electron chi connectivity index (χ1n) is 9.94. The van der Waals surface area contributed by atoms with Crippen LogP contribution < -0.4 is 0 Å². The lowest BCUT2D eigenvalue weighted by atomic mass is 9.80. The molecule has 0 spiro atoms. The Morgan fingerprint density at radius 2 is 2.12 bits per heavy atom. The topological polar surface area (TPSA) is 59.1 Å². The molecule has 0 aromatic carbocycles. The maximum Gasteiger partial charge on any atom is 0.303 e. The van der Waals surface area contributed by atoms with Crippen LogP contribution in [0.5, 0.6) is 0 Å². The molecule has 4 nitrogen and oxygen atoms in total. The van der Waals surface area contributed by atoms with Crippen molar-refractivity contribution in [1.82, 2.24) is 0 Å². The normalized spacial score (nSPS) is 35.4. The van der Waals surface area contributed by atoms with Crippen LogP contribution in [0.3, 0.4) is 0 Å². The fourth-order valence-electron chi connectivity index (χ4n) is 4.33. The average Bonchev–Trinajstić information content (AvgIpc) is 3.25. The zero-order chi connectivity index (χ0) is 17.7. The molecule has 3 heterocycles. The van der Waals surface area contributed by atoms with Crippen molar-refractivity contribution >= 4 is 17.7 Å². The quantitative estimate of drug-likeness (QED) is 0.296. The van der Waals surface area contributed by atoms with Gasteiger partial charge in [0.1, 0.15) is 17.8 Å². The van der Waals surface area contributed by atoms with E-state index >= 15 is 0 Å². The molecule has 0 radical (unpaired) electrons. The van der Waals surface area contributed by atoms with Gasteiger partial charge >= 0.3 is 5.97 Å². The van der Waals surface area contributed by atoms with Crippen LogP contribution in [0.4, 0.5) is 0 Å². The molecule has 0 aromatic heterocycles. The number of unbranched alkanes of at least 4 members (excludes halogenated alkanes) is 4. The van der Waals surface area contributed by atoms with Gasteiger partial charge in [0.2, 0.25) is 0 Å². The molecule has 0 unspecified atom stereocenters. The van der Waals surface area contributed by atoms with Gasteiger partial charge < -0.3 is 14.6 Å². The molecule has 3 rings (SSSR count). The lowest BCUT2D eigenvalue weighted by Crippen LogP contribution is -2.34. The van der Waals surface area contributed by atoms with E-state index in [0.717, 1.165) is 19.3 Å². The molecule has 3 aliphatic rings. The minimum atomic E-state index is -0.714. The van der Waals surface area contributed by atoms with Gasteiger partial charge in [-0.15, -0.1) is 0 Å². The Bertz CT molecular complexity index is 480. The van der Waals surface area contributed by atoms with Crippen LogP contribution in [-0.2, 0) is 14.3 Å². The summed E-state index contributed by atoms with van der Waals surface area (Å²) in [6, 6.07) is 0. The monoisotopic (exact) mass is 368 g/mol. The molecular formula is C20H32O4S. The predicted molar refractivity (Wildman–Crippen MR) is 101 cm³/mol. The number of rotatable bonds is 13. The Morgan fingerprint density at radius 1 is 1.24 bits per heavy atom. The number of fused-ring (bicyclic) bond motifs is 5. The van der Waals surface area contributed by atoms with Crippen molar-refractivity contribution < 1.29 is 19.4 Å². The van der Waals surface area contributed by atoms with Crippen LogP contribution in [-0.4, -0.2) is 46.5 Å². The van der Waals surface area contributed by atoms with Gasteiger partial charge in [-0.2, -0.15) is 11.8 Å². The highest BCUT2D eigenvalue weighted by atomic mass is 32.2. The number of carboxylic acids is 1. The number of allylic oxidation sites excluding steroid dienone is 1. The number of thioether (sulfide) groups is 1. The van der Waals surface area contributed by atoms with Crippen LogP contribution in [0.15, 0.2) is 12.2 Å². The number of ether oxygens (including phenoxy) is 2. The van der Waals surface area contributed by atoms with Crippen molar-refractivity contribution in [3.05, 3.63) is 12.2 Å². The molecule has 5 heteroatoms. The van der Waals surface area contributed by atoms with Crippen molar-refractivity contribution in [2.75, 3.05) is 11.5 Å². The van der Waals surface area contributed by atoms with E-state index in [1.807, 2.05) is 0 Å². The molecule has 0 amide bonds. The molecule has 3 fully saturated rings. The molecule has 0 aliphatic carbocycles. The van der Waals surface area contributed by atoms with Crippen LogP contribution in [0.25, 0.3) is 0 Å². The molecule has 3 saturated heterocycles. The molecular weight excluding hydrogens is 336 g/mol. The summed E-state index contributed by atoms with van der Waals surface area (Å²) >= 11 is 2.09. The molecule has 1 N–H and O–H groups in total. The number of carboxylic acid groups (broad SMARTS) is 1. The molecule has 25 heavy (non-hydrogen) atoms. The largest absolute Gasteiger partial charge is 0.481 e. The van der Waals surface area contributed by atoms with Crippen LogP contribution in [0.2, 0.25) is 0 Å². The standard InChI is InChI=1S/C20H32O4S/c1-2-3-4-9-12-25-14-15-13-20(19-18(23-19)17(15)24-20)11-8-6-5-7-10-16(21)22/h6,8,15,17-19H,2-5,7,9-14H2,1H3,(H,21,22)/t15-,17-,18+,19+,20+/m1/s1. The summed E-state index contributed by atoms with van der Waals surface area (Å²) in [6.07, 6.45) is 14.5. The molecule has 0 saturated carbocycles. The summed E-state index contributed by atoms with van der Waals surface area (Å²) in [7, 11) is 0. The van der Waals surface area contributed by atoms with E-state index in [0.29, 0.717) is 30.7 Å². The van der Waals surface area contributed by atoms with E-state index in [1.54, 1.807) is 0 Å². The molecule has 0 aromatic rings. The third-order valence-corrected chi connectivity index (χ3v) is 6.92. The van der Waals surface area contributed by atoms with E-state index in [1.165, 1.54) is 37.2 Å². The first kappa shape index (κ1) is 19.2. The van der Waals surface area contributed by atoms with Crippen molar-refractivity contribution in [1.29, 1.82) is 0 Å². The summed E-state index contributed by atoms with van der Waals surface area (Å²) in [4.78, 5) is 10.5. The van der Waals surface area contributed by atoms with Gasteiger partial charge in [0.15, 0.2) is 0 Å². The van der Waals surface area contributed by atoms with E-state index < -0.39 is 5.97 Å². The average molecular weight is 369 g/mol. The molecule has 142 valence electrons. The van der Waals surface area contributed by atoms with Crippen LogP contribution in [0, 0.1) is 5.92 Å². The SMILES string of the molecule is CCCCCCSC[C@H]1C[C@]2(CC=CCCCC(=O)O)O[C@H]1[C@@H]1O[C@@H]12. The maximum absolute atomic E-state index is 10.5. The number of carbonyl (C=O) groups is 1. The van der Waals surface area contributed by atoms with E-state index in [-0.39, 0.29) is 12.0 Å². The second-order valence-corrected chi connectivity index (χ2v) is 8.88. The lowest BCUT2D eigenvalue weighted by Gasteiger charge is -2.24. The fourth-order valence-corrected chi connectivity index (χ4v) is 5.51. The van der Waals surface area contributed by atoms with Gasteiger partial charge in [0.05, 0.1) is 6.10 Å². The smallest absolute Gasteiger partial charge is 0.303 e. The third kappa shape index (κ3) is 4.81. The van der Waals surface area contributed by atoms with Crippen molar-refractivity contribution in [2.45, 2.75) is 88.6 Å². The van der Waals surface area contributed by atoms with Crippen molar-refractivity contribution in [3.63, 3.8) is 0 Å². The zero-order valence-electron chi connectivity index (χ0n) is 15.3. The summed E-state index contributed by atoms with van der Waals surface area (Å²) in [5.74, 6) is 2.40. The summed E-state index contributed by atoms with van der Waals surface area (Å²) in [6.45, 7) is 2.26. The predicted octanol–water partition coefficient (Wildman–Crippen LogP) is 4.43. The van der Waals surface area contributed by atoms with Crippen LogP contribution in [0.1, 0.15) is 64.7 Å². The fraction of sp³-hybridized carbons (Fsp3) is 0.850. The Hall–Kier alpha value is -0.520. The van der Waals surface area contributed by atoms with E-state index in [9.17, 15) is 4.79 Å². The first-order valence-corrected chi connectivity index (χ1v) is 11.1. The second kappa shape index (κ2) is 8.92. The van der Waals surface area contributed by atoms with Gasteiger partial charge in [0, 0.05) is 6.42 Å². The highest BCUT2D eigenvalue weighted by Crippen LogP contribution is 2.59. The van der Waals surface area contributed by atoms with E-state index in [2.05, 4.69) is 30.8 Å². The minimum Gasteiger partial charge on any atom is -0.481 e. The highest BCUT2D eigenvalue weighted by Gasteiger charge is 2.72. The lowest BCUT2D eigenvalue weighted by molar-refractivity contribution is -0.137. The Morgan fingerprint density at radius 3 is 2.92 bits per heavy atom. The molecule has 5 atom stereocenters. The highest BCUT2D eigenvalue weighted by molar-refractivity contribution is 7.99. The number of hydrogen-bond acceptors (Lipinski definition) is 4. The van der Waals surface area contributed by atoms with Gasteiger partial charge in [-0.05, 0) is 49.5 Å². The Labute approximate surface area is 155 Å². The summed E-state index contributed by atoms with van der Waals surface area (Å²) in [5, 5.41) is 8.67. The molecule has 2 bridgehead atoms. The number of epoxide rings is 1. The Balaban J connectivity index is 1.37. The third-order valence-electron chi connectivity index (χ3n) is 5.68. The molecule has 3 aliphatic heterocycles. The van der Waals surface area contributed by atoms with Gasteiger partial charge in [-0.3, -0.25) is 4.79 Å². The van der Waals surface area contributed by atoms with Gasteiger partial charge in [-0.25, -0.2) is 0 Å². The minimum absolute atomic E-state index is 0.0912. The van der Waals surface area contributed by atoms with E-state index in [4.69, 9.17) is 14.6 Å². The summed E-state index contributed by atoms with van der Waals surface area (Å²) < 4.78 is 12.3. The zero-order valence-corrected chi connectivity index (χ0v) is 16.1. The number of hydrogen-bond donors (Lipinski definition) is 1. The van der Waals surface area contributed by atoms with Gasteiger partial charge in [-0.1, -0.05) is 38.3 Å². The first-order chi connectivity index (χ1) is 12.2. The summed E-state index contributed by atoms with van der Waals surface area (Å²) in [5.41, 5.74) is -0.0912. The second-order valence-electron chi connectivity index (χ2n) is 7.73. The Kier molecular flexibility index (Phi) is 6.86. The maximum atomic E-state index is 10.5.